The number of fused-ring (bicyclic) bond motifs is 1. The summed E-state index contributed by atoms with van der Waals surface area (Å²) < 4.78 is 43.8. The van der Waals surface area contributed by atoms with Gasteiger partial charge in [0.2, 0.25) is 0 Å². The van der Waals surface area contributed by atoms with Crippen molar-refractivity contribution in [2.45, 2.75) is 77.2 Å². The Kier molecular flexibility index (Phi) is 5.51. The van der Waals surface area contributed by atoms with Crippen LogP contribution in [0.4, 0.5) is 19.0 Å². The van der Waals surface area contributed by atoms with Crippen LogP contribution in [0.25, 0.3) is 0 Å². The third-order valence-electron chi connectivity index (χ3n) is 6.56. The van der Waals surface area contributed by atoms with Crippen molar-refractivity contribution in [1.29, 1.82) is 0 Å². The summed E-state index contributed by atoms with van der Waals surface area (Å²) in [7, 11) is 1.75. The van der Waals surface area contributed by atoms with Crippen molar-refractivity contribution in [3.63, 3.8) is 0 Å². The van der Waals surface area contributed by atoms with Gasteiger partial charge in [0.15, 0.2) is 6.04 Å². The molecule has 1 saturated heterocycles. The number of carbonyl (C=O) groups is 1. The summed E-state index contributed by atoms with van der Waals surface area (Å²) >= 11 is 0. The number of amides is 1. The maximum atomic E-state index is 13.7. The van der Waals surface area contributed by atoms with Gasteiger partial charge in [0.25, 0.3) is 5.91 Å². The van der Waals surface area contributed by atoms with Crippen LogP contribution >= 0.6 is 0 Å². The lowest BCUT2D eigenvalue weighted by molar-refractivity contribution is -0.173. The first-order chi connectivity index (χ1) is 14.7. The Hall–Kier alpha value is -2.52. The largest absolute Gasteiger partial charge is 0.410 e. The molecule has 0 spiro atoms. The first kappa shape index (κ1) is 21.7. The third-order valence-corrected chi connectivity index (χ3v) is 6.56. The molecule has 0 aliphatic carbocycles. The molecule has 0 aromatic carbocycles. The number of anilines is 1. The zero-order valence-electron chi connectivity index (χ0n) is 18.3. The molecule has 7 nitrogen and oxygen atoms in total. The molecule has 2 aromatic rings. The zero-order chi connectivity index (χ0) is 22.5. The molecule has 0 unspecified atom stereocenters. The minimum Gasteiger partial charge on any atom is -0.367 e. The van der Waals surface area contributed by atoms with Crippen LogP contribution in [-0.2, 0) is 13.5 Å². The van der Waals surface area contributed by atoms with Gasteiger partial charge in [-0.1, -0.05) is 13.8 Å². The average Bonchev–Trinajstić information content (AvgIpc) is 3.42. The third kappa shape index (κ3) is 3.70. The lowest BCUT2D eigenvalue weighted by Gasteiger charge is -2.32. The average molecular weight is 438 g/mol. The van der Waals surface area contributed by atoms with Gasteiger partial charge in [-0.15, -0.1) is 0 Å². The summed E-state index contributed by atoms with van der Waals surface area (Å²) in [6.07, 6.45) is -1.64. The standard InChI is InChI=1S/C21H29F3N6O/c1-5-13-10-17(21(22,23)24)30-18(25-13)11-15(27-30)16-8-7-9-29(16)20(31)19-12(3)14(6-2)26-28(19)4/h11,13,16-17,25H,5-10H2,1-4H3/t13-,16+,17-/m1/s1. The molecule has 0 bridgehead atoms. The molecule has 3 atom stereocenters. The van der Waals surface area contributed by atoms with Crippen molar-refractivity contribution in [1.82, 2.24) is 24.5 Å². The molecule has 1 amide bonds. The van der Waals surface area contributed by atoms with E-state index in [2.05, 4.69) is 15.5 Å². The number of aromatic nitrogens is 4. The molecule has 1 N–H and O–H groups in total. The predicted octanol–water partition coefficient (Wildman–Crippen LogP) is 4.16. The predicted molar refractivity (Wildman–Crippen MR) is 110 cm³/mol. The summed E-state index contributed by atoms with van der Waals surface area (Å²) in [5.41, 5.74) is 2.77. The molecule has 31 heavy (non-hydrogen) atoms. The summed E-state index contributed by atoms with van der Waals surface area (Å²) in [5.74, 6) is 0.229. The number of aryl methyl sites for hydroxylation is 2. The number of halogens is 3. The lowest BCUT2D eigenvalue weighted by atomic mass is 10.0. The van der Waals surface area contributed by atoms with Crippen LogP contribution in [0.3, 0.4) is 0 Å². The summed E-state index contributed by atoms with van der Waals surface area (Å²) in [4.78, 5) is 15.1. The van der Waals surface area contributed by atoms with Crippen molar-refractivity contribution in [2.24, 2.45) is 7.05 Å². The number of nitrogens with zero attached hydrogens (tertiary/aromatic N) is 5. The van der Waals surface area contributed by atoms with E-state index in [0.29, 0.717) is 36.6 Å². The molecule has 0 radical (unpaired) electrons. The van der Waals surface area contributed by atoms with Gasteiger partial charge in [-0.2, -0.15) is 23.4 Å². The highest BCUT2D eigenvalue weighted by Crippen LogP contribution is 2.42. The zero-order valence-corrected chi connectivity index (χ0v) is 18.3. The quantitative estimate of drug-likeness (QED) is 0.778. The van der Waals surface area contributed by atoms with Gasteiger partial charge < -0.3 is 10.2 Å². The summed E-state index contributed by atoms with van der Waals surface area (Å²) in [5, 5.41) is 12.0. The number of carbonyl (C=O) groups excluding carboxylic acids is 1. The second kappa shape index (κ2) is 7.87. The number of hydrogen-bond donors (Lipinski definition) is 1. The second-order valence-corrected chi connectivity index (χ2v) is 8.50. The highest BCUT2D eigenvalue weighted by molar-refractivity contribution is 5.94. The Bertz CT molecular complexity index is 979. The first-order valence-corrected chi connectivity index (χ1v) is 10.9. The Balaban J connectivity index is 1.67. The Morgan fingerprint density at radius 3 is 2.65 bits per heavy atom. The van der Waals surface area contributed by atoms with Crippen LogP contribution in [-0.4, -0.2) is 49.1 Å². The Morgan fingerprint density at radius 1 is 1.29 bits per heavy atom. The Labute approximate surface area is 179 Å². The summed E-state index contributed by atoms with van der Waals surface area (Å²) in [6, 6.07) is -0.570. The van der Waals surface area contributed by atoms with E-state index in [1.165, 1.54) is 0 Å². The Morgan fingerprint density at radius 2 is 2.03 bits per heavy atom. The minimum absolute atomic E-state index is 0.0462. The molecule has 2 aromatic heterocycles. The van der Waals surface area contributed by atoms with Gasteiger partial charge in [0, 0.05) is 31.3 Å². The number of nitrogens with one attached hydrogen (secondary N) is 1. The molecule has 10 heteroatoms. The molecule has 1 fully saturated rings. The molecular formula is C21H29F3N6O. The van der Waals surface area contributed by atoms with Crippen LogP contribution in [0.1, 0.15) is 79.1 Å². The van der Waals surface area contributed by atoms with Crippen LogP contribution in [0, 0.1) is 6.92 Å². The molecular weight excluding hydrogens is 409 g/mol. The van der Waals surface area contributed by atoms with E-state index >= 15 is 0 Å². The van der Waals surface area contributed by atoms with Crippen molar-refractivity contribution in [3.8, 4) is 0 Å². The second-order valence-electron chi connectivity index (χ2n) is 8.50. The van der Waals surface area contributed by atoms with Crippen LogP contribution < -0.4 is 5.32 Å². The highest BCUT2D eigenvalue weighted by Gasteiger charge is 2.46. The van der Waals surface area contributed by atoms with Crippen molar-refractivity contribution in [2.75, 3.05) is 11.9 Å². The molecule has 2 aliphatic rings. The van der Waals surface area contributed by atoms with Crippen LogP contribution in [0.5, 0.6) is 0 Å². The minimum atomic E-state index is -4.37. The van der Waals surface area contributed by atoms with Crippen LogP contribution in [0.2, 0.25) is 0 Å². The fourth-order valence-electron chi connectivity index (χ4n) is 4.87. The van der Waals surface area contributed by atoms with E-state index in [1.54, 1.807) is 22.7 Å². The number of hydrogen-bond acceptors (Lipinski definition) is 4. The van der Waals surface area contributed by atoms with Crippen molar-refractivity contribution < 1.29 is 18.0 Å². The van der Waals surface area contributed by atoms with Gasteiger partial charge in [-0.05, 0) is 39.0 Å². The van der Waals surface area contributed by atoms with Gasteiger partial charge in [0.1, 0.15) is 11.5 Å². The number of alkyl halides is 3. The van der Waals surface area contributed by atoms with E-state index in [-0.39, 0.29) is 24.4 Å². The van der Waals surface area contributed by atoms with E-state index in [1.807, 2.05) is 20.8 Å². The maximum Gasteiger partial charge on any atom is 0.410 e. The van der Waals surface area contributed by atoms with Gasteiger partial charge in [0.05, 0.1) is 17.4 Å². The number of likely N-dealkylation sites (tertiary alicyclic amines) is 1. The number of rotatable bonds is 4. The van der Waals surface area contributed by atoms with E-state index in [9.17, 15) is 18.0 Å². The van der Waals surface area contributed by atoms with E-state index in [0.717, 1.165) is 28.8 Å². The van der Waals surface area contributed by atoms with E-state index < -0.39 is 12.2 Å². The maximum absolute atomic E-state index is 13.7. The lowest BCUT2D eigenvalue weighted by Crippen LogP contribution is -2.39. The normalized spacial score (nSPS) is 23.7. The topological polar surface area (TPSA) is 68.0 Å². The van der Waals surface area contributed by atoms with E-state index in [4.69, 9.17) is 0 Å². The van der Waals surface area contributed by atoms with Crippen LogP contribution in [0.15, 0.2) is 6.07 Å². The van der Waals surface area contributed by atoms with Crippen molar-refractivity contribution in [3.05, 3.63) is 28.7 Å². The highest BCUT2D eigenvalue weighted by atomic mass is 19.4. The van der Waals surface area contributed by atoms with Crippen molar-refractivity contribution >= 4 is 11.7 Å². The van der Waals surface area contributed by atoms with Gasteiger partial charge >= 0.3 is 6.18 Å². The SMILES string of the molecule is CCc1nn(C)c(C(=O)N2CCC[C@H]2c2cc3n(n2)[C@@H](C(F)(F)F)C[C@@H](CC)N3)c1C. The molecule has 170 valence electrons. The smallest absolute Gasteiger partial charge is 0.367 e. The van der Waals surface area contributed by atoms with Gasteiger partial charge in [-0.3, -0.25) is 9.48 Å². The molecule has 4 rings (SSSR count). The molecule has 2 aliphatic heterocycles. The summed E-state index contributed by atoms with van der Waals surface area (Å²) in [6.45, 7) is 6.30. The molecule has 0 saturated carbocycles. The monoisotopic (exact) mass is 438 g/mol. The first-order valence-electron chi connectivity index (χ1n) is 10.9. The fourth-order valence-corrected chi connectivity index (χ4v) is 4.87. The van der Waals surface area contributed by atoms with Gasteiger partial charge in [-0.25, -0.2) is 4.68 Å². The molecule has 4 heterocycles. The fraction of sp³-hybridized carbons (Fsp3) is 0.667.